The predicted octanol–water partition coefficient (Wildman–Crippen LogP) is 3.85. The van der Waals surface area contributed by atoms with E-state index in [-0.39, 0.29) is 12.3 Å². The number of carbonyl (C=O) groups excluding carboxylic acids is 1. The number of ether oxygens (including phenoxy) is 1. The number of nitrogens with one attached hydrogen (secondary N) is 1. The zero-order valence-electron chi connectivity index (χ0n) is 15.3. The van der Waals surface area contributed by atoms with Crippen molar-refractivity contribution in [2.24, 2.45) is 0 Å². The summed E-state index contributed by atoms with van der Waals surface area (Å²) in [6, 6.07) is 12.8. The van der Waals surface area contributed by atoms with E-state index in [2.05, 4.69) is 5.32 Å². The highest BCUT2D eigenvalue weighted by molar-refractivity contribution is 7.98. The SMILES string of the molecule is COc1cccc(C(C)(CC(=O)O)NC(=O)c2cc(SC)ccc2C)c1. The number of carboxylic acid groups (broad SMARTS) is 1. The third-order valence-electron chi connectivity index (χ3n) is 4.29. The Hall–Kier alpha value is -2.47. The van der Waals surface area contributed by atoms with Crippen molar-refractivity contribution in [3.63, 3.8) is 0 Å². The highest BCUT2D eigenvalue weighted by Crippen LogP contribution is 2.29. The highest BCUT2D eigenvalue weighted by Gasteiger charge is 2.32. The maximum atomic E-state index is 12.9. The van der Waals surface area contributed by atoms with Gasteiger partial charge in [-0.15, -0.1) is 11.8 Å². The van der Waals surface area contributed by atoms with Gasteiger partial charge in [0.25, 0.3) is 5.91 Å². The van der Waals surface area contributed by atoms with Gasteiger partial charge in [0.05, 0.1) is 19.1 Å². The Bertz CT molecular complexity index is 821. The standard InChI is InChI=1S/C20H23NO4S/c1-13-8-9-16(26-4)11-17(13)19(24)21-20(2,12-18(22)23)14-6-5-7-15(10-14)25-3/h5-11H,12H2,1-4H3,(H,21,24)(H,22,23). The number of methoxy groups -OCH3 is 1. The molecule has 2 aromatic carbocycles. The molecule has 1 amide bonds. The van der Waals surface area contributed by atoms with Crippen LogP contribution >= 0.6 is 11.8 Å². The van der Waals surface area contributed by atoms with Gasteiger partial charge in [0.15, 0.2) is 0 Å². The van der Waals surface area contributed by atoms with E-state index in [1.807, 2.05) is 31.4 Å². The van der Waals surface area contributed by atoms with Gasteiger partial charge in [0.1, 0.15) is 5.75 Å². The summed E-state index contributed by atoms with van der Waals surface area (Å²) in [6.45, 7) is 3.57. The lowest BCUT2D eigenvalue weighted by atomic mass is 9.87. The number of thioether (sulfide) groups is 1. The number of hydrogen-bond acceptors (Lipinski definition) is 4. The Morgan fingerprint density at radius 3 is 2.58 bits per heavy atom. The van der Waals surface area contributed by atoms with E-state index in [0.717, 1.165) is 10.5 Å². The summed E-state index contributed by atoms with van der Waals surface area (Å²) < 4.78 is 5.23. The van der Waals surface area contributed by atoms with Crippen LogP contribution in [0.3, 0.4) is 0 Å². The van der Waals surface area contributed by atoms with Crippen molar-refractivity contribution < 1.29 is 19.4 Å². The summed E-state index contributed by atoms with van der Waals surface area (Å²) in [6.07, 6.45) is 1.70. The lowest BCUT2D eigenvalue weighted by Gasteiger charge is -2.30. The van der Waals surface area contributed by atoms with Crippen LogP contribution in [-0.4, -0.2) is 30.3 Å². The molecule has 2 aromatic rings. The lowest BCUT2D eigenvalue weighted by Crippen LogP contribution is -2.45. The zero-order valence-corrected chi connectivity index (χ0v) is 16.1. The van der Waals surface area contributed by atoms with Crippen molar-refractivity contribution in [3.8, 4) is 5.75 Å². The molecule has 0 bridgehead atoms. The van der Waals surface area contributed by atoms with Crippen molar-refractivity contribution in [2.75, 3.05) is 13.4 Å². The molecule has 26 heavy (non-hydrogen) atoms. The smallest absolute Gasteiger partial charge is 0.306 e. The summed E-state index contributed by atoms with van der Waals surface area (Å²) in [5, 5.41) is 12.3. The minimum absolute atomic E-state index is 0.243. The van der Waals surface area contributed by atoms with E-state index >= 15 is 0 Å². The number of aliphatic carboxylic acids is 1. The summed E-state index contributed by atoms with van der Waals surface area (Å²) in [7, 11) is 1.55. The molecule has 0 aliphatic carbocycles. The first-order valence-corrected chi connectivity index (χ1v) is 9.35. The topological polar surface area (TPSA) is 75.6 Å². The van der Waals surface area contributed by atoms with Crippen molar-refractivity contribution in [2.45, 2.75) is 30.7 Å². The van der Waals surface area contributed by atoms with E-state index in [0.29, 0.717) is 16.9 Å². The van der Waals surface area contributed by atoms with Crippen molar-refractivity contribution >= 4 is 23.6 Å². The van der Waals surface area contributed by atoms with Gasteiger partial charge in [0.2, 0.25) is 0 Å². The van der Waals surface area contributed by atoms with Crippen molar-refractivity contribution in [1.82, 2.24) is 5.32 Å². The summed E-state index contributed by atoms with van der Waals surface area (Å²) in [4.78, 5) is 25.3. The lowest BCUT2D eigenvalue weighted by molar-refractivity contribution is -0.138. The third-order valence-corrected chi connectivity index (χ3v) is 5.02. The van der Waals surface area contributed by atoms with Gasteiger partial charge < -0.3 is 15.2 Å². The normalized spacial score (nSPS) is 12.9. The number of aryl methyl sites for hydroxylation is 1. The van der Waals surface area contributed by atoms with Crippen LogP contribution in [0.15, 0.2) is 47.4 Å². The third kappa shape index (κ3) is 4.58. The molecule has 5 nitrogen and oxygen atoms in total. The Morgan fingerprint density at radius 2 is 1.96 bits per heavy atom. The molecule has 1 unspecified atom stereocenters. The second-order valence-electron chi connectivity index (χ2n) is 6.27. The van der Waals surface area contributed by atoms with Gasteiger partial charge >= 0.3 is 5.97 Å². The molecule has 138 valence electrons. The Kier molecular flexibility index (Phi) is 6.32. The summed E-state index contributed by atoms with van der Waals surface area (Å²) >= 11 is 1.55. The van der Waals surface area contributed by atoms with E-state index in [1.54, 1.807) is 50.1 Å². The molecule has 2 N–H and O–H groups in total. The molecule has 1 atom stereocenters. The Morgan fingerprint density at radius 1 is 1.23 bits per heavy atom. The average molecular weight is 373 g/mol. The van der Waals surface area contributed by atoms with Crippen LogP contribution < -0.4 is 10.1 Å². The molecule has 0 radical (unpaired) electrons. The average Bonchev–Trinajstić information content (AvgIpc) is 2.61. The van der Waals surface area contributed by atoms with Crippen LogP contribution in [0, 0.1) is 6.92 Å². The maximum Gasteiger partial charge on any atom is 0.306 e. The molecule has 0 aliphatic heterocycles. The van der Waals surface area contributed by atoms with Gasteiger partial charge in [-0.05, 0) is 55.5 Å². The van der Waals surface area contributed by atoms with Crippen LogP contribution in [0.1, 0.15) is 34.8 Å². The second kappa shape index (κ2) is 8.27. The first-order chi connectivity index (χ1) is 12.3. The van der Waals surface area contributed by atoms with Crippen LogP contribution in [0.5, 0.6) is 5.75 Å². The molecule has 2 rings (SSSR count). The molecule has 0 heterocycles. The first-order valence-electron chi connectivity index (χ1n) is 8.12. The van der Waals surface area contributed by atoms with Crippen LogP contribution in [0.2, 0.25) is 0 Å². The highest BCUT2D eigenvalue weighted by atomic mass is 32.2. The fourth-order valence-electron chi connectivity index (χ4n) is 2.78. The van der Waals surface area contributed by atoms with Gasteiger partial charge in [-0.3, -0.25) is 9.59 Å². The molecule has 0 fully saturated rings. The second-order valence-corrected chi connectivity index (χ2v) is 7.15. The molecular weight excluding hydrogens is 350 g/mol. The zero-order chi connectivity index (χ0) is 19.3. The fraction of sp³-hybridized carbons (Fsp3) is 0.300. The number of carboxylic acids is 1. The predicted molar refractivity (Wildman–Crippen MR) is 103 cm³/mol. The van der Waals surface area contributed by atoms with Crippen molar-refractivity contribution in [3.05, 3.63) is 59.2 Å². The largest absolute Gasteiger partial charge is 0.497 e. The van der Waals surface area contributed by atoms with Crippen LogP contribution in [0.4, 0.5) is 0 Å². The quantitative estimate of drug-likeness (QED) is 0.721. The van der Waals surface area contributed by atoms with E-state index in [9.17, 15) is 14.7 Å². The Balaban J connectivity index is 2.41. The maximum absolute atomic E-state index is 12.9. The molecule has 0 spiro atoms. The van der Waals surface area contributed by atoms with Gasteiger partial charge in [-0.1, -0.05) is 18.2 Å². The van der Waals surface area contributed by atoms with E-state index in [1.165, 1.54) is 0 Å². The van der Waals surface area contributed by atoms with Crippen molar-refractivity contribution in [1.29, 1.82) is 0 Å². The van der Waals surface area contributed by atoms with Crippen LogP contribution in [-0.2, 0) is 10.3 Å². The molecular formula is C20H23NO4S. The summed E-state index contributed by atoms with van der Waals surface area (Å²) in [5.41, 5.74) is 0.977. The molecule has 0 saturated carbocycles. The molecule has 0 aromatic heterocycles. The summed E-state index contributed by atoms with van der Waals surface area (Å²) in [5.74, 6) is -0.691. The molecule has 6 heteroatoms. The minimum atomic E-state index is -1.07. The first kappa shape index (κ1) is 19.8. The monoisotopic (exact) mass is 373 g/mol. The fourth-order valence-corrected chi connectivity index (χ4v) is 3.22. The van der Waals surface area contributed by atoms with Gasteiger partial charge in [0, 0.05) is 10.5 Å². The van der Waals surface area contributed by atoms with Crippen LogP contribution in [0.25, 0.3) is 0 Å². The number of benzene rings is 2. The number of hydrogen-bond donors (Lipinski definition) is 2. The number of amides is 1. The Labute approximate surface area is 157 Å². The van der Waals surface area contributed by atoms with Gasteiger partial charge in [-0.2, -0.15) is 0 Å². The van der Waals surface area contributed by atoms with E-state index in [4.69, 9.17) is 4.74 Å². The number of rotatable bonds is 7. The molecule has 0 aliphatic rings. The van der Waals surface area contributed by atoms with Gasteiger partial charge in [-0.25, -0.2) is 0 Å². The number of carbonyl (C=O) groups is 2. The molecule has 0 saturated heterocycles. The van der Waals surface area contributed by atoms with E-state index < -0.39 is 11.5 Å². The minimum Gasteiger partial charge on any atom is -0.497 e.